The van der Waals surface area contributed by atoms with Crippen LogP contribution in [0.4, 0.5) is 0 Å². The lowest BCUT2D eigenvalue weighted by Gasteiger charge is -2.33. The van der Waals surface area contributed by atoms with Gasteiger partial charge in [0.15, 0.2) is 11.9 Å². The van der Waals surface area contributed by atoms with Crippen molar-refractivity contribution in [3.8, 4) is 0 Å². The first kappa shape index (κ1) is 10.9. The molecule has 1 amide bonds. The van der Waals surface area contributed by atoms with Crippen molar-refractivity contribution >= 4 is 11.6 Å². The molecule has 16 heavy (non-hydrogen) atoms. The Bertz CT molecular complexity index is 409. The van der Waals surface area contributed by atoms with Gasteiger partial charge in [-0.2, -0.15) is 0 Å². The first-order valence-corrected chi connectivity index (χ1v) is 5.13. The number of allylic oxidation sites excluding steroid dienone is 1. The molecule has 1 N–H and O–H groups in total. The van der Waals surface area contributed by atoms with E-state index in [-0.39, 0.29) is 5.91 Å². The molecule has 0 spiro atoms. The molecule has 1 aliphatic heterocycles. The third kappa shape index (κ3) is 1.53. The number of likely N-dealkylation sites (N-methyl/N-ethyl adjacent to an activating group) is 1. The van der Waals surface area contributed by atoms with Crippen LogP contribution in [-0.2, 0) is 9.63 Å². The Morgan fingerprint density at radius 2 is 2.38 bits per heavy atom. The van der Waals surface area contributed by atoms with E-state index in [0.717, 1.165) is 17.6 Å². The van der Waals surface area contributed by atoms with E-state index in [1.807, 2.05) is 12.2 Å². The minimum absolute atomic E-state index is 0.301. The highest BCUT2D eigenvalue weighted by molar-refractivity contribution is 6.46. The van der Waals surface area contributed by atoms with E-state index < -0.39 is 6.23 Å². The van der Waals surface area contributed by atoms with E-state index in [0.29, 0.717) is 12.1 Å². The van der Waals surface area contributed by atoms with Crippen LogP contribution in [0.25, 0.3) is 0 Å². The topological polar surface area (TPSA) is 62.1 Å². The van der Waals surface area contributed by atoms with Crippen LogP contribution >= 0.6 is 0 Å². The van der Waals surface area contributed by atoms with Crippen molar-refractivity contribution in [2.24, 2.45) is 5.16 Å². The summed E-state index contributed by atoms with van der Waals surface area (Å²) in [5.41, 5.74) is 1.83. The predicted octanol–water partition coefficient (Wildman–Crippen LogP) is 0.426. The normalized spacial score (nSPS) is 27.4. The highest BCUT2D eigenvalue weighted by Gasteiger charge is 2.35. The Kier molecular flexibility index (Phi) is 2.78. The SMILES string of the molecule is CO/N=C1\C(=O)N(C)C(O)C2=C1CCC=C2. The Labute approximate surface area is 93.7 Å². The van der Waals surface area contributed by atoms with Gasteiger partial charge in [-0.05, 0) is 18.4 Å². The molecule has 5 heteroatoms. The molecule has 1 atom stereocenters. The van der Waals surface area contributed by atoms with E-state index in [1.54, 1.807) is 7.05 Å². The van der Waals surface area contributed by atoms with Gasteiger partial charge in [-0.15, -0.1) is 0 Å². The average Bonchev–Trinajstić information content (AvgIpc) is 2.32. The zero-order valence-corrected chi connectivity index (χ0v) is 9.30. The molecule has 2 rings (SSSR count). The Balaban J connectivity index is 2.52. The Morgan fingerprint density at radius 3 is 3.06 bits per heavy atom. The molecular formula is C11H14N2O3. The number of amides is 1. The lowest BCUT2D eigenvalue weighted by molar-refractivity contribution is -0.130. The second-order valence-corrected chi connectivity index (χ2v) is 3.79. The summed E-state index contributed by atoms with van der Waals surface area (Å²) in [6.07, 6.45) is 4.51. The van der Waals surface area contributed by atoms with Crippen molar-refractivity contribution in [2.75, 3.05) is 14.2 Å². The zero-order valence-electron chi connectivity index (χ0n) is 9.30. The molecule has 86 valence electrons. The van der Waals surface area contributed by atoms with Gasteiger partial charge in [0.05, 0.1) is 0 Å². The fourth-order valence-electron chi connectivity index (χ4n) is 1.98. The van der Waals surface area contributed by atoms with Crippen molar-refractivity contribution in [1.29, 1.82) is 0 Å². The number of aliphatic hydroxyl groups is 1. The number of hydrogen-bond acceptors (Lipinski definition) is 4. The molecule has 1 heterocycles. The number of oxime groups is 1. The summed E-state index contributed by atoms with van der Waals surface area (Å²) in [6.45, 7) is 0. The van der Waals surface area contributed by atoms with Gasteiger partial charge in [0.25, 0.3) is 5.91 Å². The largest absolute Gasteiger partial charge is 0.398 e. The highest BCUT2D eigenvalue weighted by Crippen LogP contribution is 2.28. The van der Waals surface area contributed by atoms with Crippen LogP contribution in [0, 0.1) is 0 Å². The first-order valence-electron chi connectivity index (χ1n) is 5.13. The zero-order chi connectivity index (χ0) is 11.7. The number of nitrogens with zero attached hydrogens (tertiary/aromatic N) is 2. The van der Waals surface area contributed by atoms with Crippen LogP contribution in [0.5, 0.6) is 0 Å². The maximum Gasteiger partial charge on any atom is 0.278 e. The standard InChI is InChI=1S/C11H14N2O3/c1-13-10(14)8-6-4-3-5-7(8)9(11(13)15)12-16-2/h4,6,10,14H,3,5H2,1-2H3/b12-9-. The summed E-state index contributed by atoms with van der Waals surface area (Å²) in [4.78, 5) is 17.8. The number of carbonyl (C=O) groups is 1. The van der Waals surface area contributed by atoms with Crippen LogP contribution in [0.1, 0.15) is 12.8 Å². The quantitative estimate of drug-likeness (QED) is 0.654. The summed E-state index contributed by atoms with van der Waals surface area (Å²) in [5.74, 6) is -0.302. The van der Waals surface area contributed by atoms with Crippen molar-refractivity contribution in [2.45, 2.75) is 19.1 Å². The summed E-state index contributed by atoms with van der Waals surface area (Å²) in [6, 6.07) is 0. The van der Waals surface area contributed by atoms with Gasteiger partial charge in [-0.1, -0.05) is 17.3 Å². The lowest BCUT2D eigenvalue weighted by atomic mass is 9.89. The van der Waals surface area contributed by atoms with E-state index in [4.69, 9.17) is 0 Å². The monoisotopic (exact) mass is 222 g/mol. The molecule has 1 aliphatic carbocycles. The molecule has 0 saturated heterocycles. The van der Waals surface area contributed by atoms with Crippen LogP contribution in [0.2, 0.25) is 0 Å². The molecule has 0 bridgehead atoms. The van der Waals surface area contributed by atoms with Gasteiger partial charge in [0, 0.05) is 12.6 Å². The van der Waals surface area contributed by atoms with E-state index in [1.165, 1.54) is 12.0 Å². The van der Waals surface area contributed by atoms with E-state index in [2.05, 4.69) is 9.99 Å². The van der Waals surface area contributed by atoms with Gasteiger partial charge < -0.3 is 14.8 Å². The molecule has 0 aromatic carbocycles. The highest BCUT2D eigenvalue weighted by atomic mass is 16.6. The molecule has 2 aliphatic rings. The first-order chi connectivity index (χ1) is 7.66. The number of rotatable bonds is 1. The maximum atomic E-state index is 11.9. The number of aliphatic hydroxyl groups excluding tert-OH is 1. The maximum absolute atomic E-state index is 11.9. The lowest BCUT2D eigenvalue weighted by Crippen LogP contribution is -2.47. The number of carbonyl (C=O) groups excluding carboxylic acids is 1. The smallest absolute Gasteiger partial charge is 0.278 e. The van der Waals surface area contributed by atoms with Crippen molar-refractivity contribution < 1.29 is 14.7 Å². The molecule has 0 aromatic heterocycles. The molecule has 1 unspecified atom stereocenters. The van der Waals surface area contributed by atoms with Crippen LogP contribution in [0.3, 0.4) is 0 Å². The second kappa shape index (κ2) is 4.09. The van der Waals surface area contributed by atoms with Gasteiger partial charge in [-0.3, -0.25) is 4.79 Å². The van der Waals surface area contributed by atoms with Crippen LogP contribution in [0.15, 0.2) is 28.5 Å². The van der Waals surface area contributed by atoms with Crippen molar-refractivity contribution in [1.82, 2.24) is 4.90 Å². The average molecular weight is 222 g/mol. The molecule has 0 saturated carbocycles. The summed E-state index contributed by atoms with van der Waals surface area (Å²) in [7, 11) is 2.95. The number of hydrogen-bond donors (Lipinski definition) is 1. The molecule has 0 radical (unpaired) electrons. The molecular weight excluding hydrogens is 208 g/mol. The van der Waals surface area contributed by atoms with Crippen molar-refractivity contribution in [3.63, 3.8) is 0 Å². The fraction of sp³-hybridized carbons (Fsp3) is 0.455. The summed E-state index contributed by atoms with van der Waals surface area (Å²) >= 11 is 0. The van der Waals surface area contributed by atoms with Gasteiger partial charge in [-0.25, -0.2) is 0 Å². The fourth-order valence-corrected chi connectivity index (χ4v) is 1.98. The second-order valence-electron chi connectivity index (χ2n) is 3.79. The van der Waals surface area contributed by atoms with Gasteiger partial charge >= 0.3 is 0 Å². The minimum atomic E-state index is -0.880. The Morgan fingerprint density at radius 1 is 1.62 bits per heavy atom. The Hall–Kier alpha value is -1.62. The minimum Gasteiger partial charge on any atom is -0.398 e. The molecule has 0 aromatic rings. The van der Waals surface area contributed by atoms with Crippen LogP contribution < -0.4 is 0 Å². The predicted molar refractivity (Wildman–Crippen MR) is 58.6 cm³/mol. The van der Waals surface area contributed by atoms with E-state index >= 15 is 0 Å². The van der Waals surface area contributed by atoms with Gasteiger partial charge in [0.1, 0.15) is 7.11 Å². The van der Waals surface area contributed by atoms with E-state index in [9.17, 15) is 9.90 Å². The van der Waals surface area contributed by atoms with Crippen LogP contribution in [-0.4, -0.2) is 42.0 Å². The summed E-state index contributed by atoms with van der Waals surface area (Å²) < 4.78 is 0. The summed E-state index contributed by atoms with van der Waals surface area (Å²) in [5, 5.41) is 13.7. The third-order valence-electron chi connectivity index (χ3n) is 2.84. The molecule has 5 nitrogen and oxygen atoms in total. The third-order valence-corrected chi connectivity index (χ3v) is 2.84. The van der Waals surface area contributed by atoms with Gasteiger partial charge in [0.2, 0.25) is 0 Å². The van der Waals surface area contributed by atoms with Crippen molar-refractivity contribution in [3.05, 3.63) is 23.3 Å². The molecule has 0 fully saturated rings.